The van der Waals surface area contributed by atoms with Gasteiger partial charge in [0.1, 0.15) is 17.1 Å². The molecule has 5 heterocycles. The van der Waals surface area contributed by atoms with Crippen LogP contribution in [0.4, 0.5) is 0 Å². The predicted molar refractivity (Wildman–Crippen MR) is 151 cm³/mol. The summed E-state index contributed by atoms with van der Waals surface area (Å²) in [5.41, 5.74) is 5.14. The predicted octanol–water partition coefficient (Wildman–Crippen LogP) is 7.43. The van der Waals surface area contributed by atoms with Crippen molar-refractivity contribution in [2.24, 2.45) is 0 Å². The molecule has 7 rings (SSSR count). The molecule has 0 unspecified atom stereocenters. The molecule has 2 N–H and O–H groups in total. The molecule has 0 saturated carbocycles. The Labute approximate surface area is 217 Å². The monoisotopic (exact) mass is 525 g/mol. The highest BCUT2D eigenvalue weighted by Crippen LogP contribution is 2.45. The van der Waals surface area contributed by atoms with Crippen LogP contribution in [0.1, 0.15) is 16.8 Å². The maximum Gasteiger partial charge on any atom is 0.278 e. The summed E-state index contributed by atoms with van der Waals surface area (Å²) < 4.78 is 6.79. The number of H-pyrrole nitrogens is 1. The second-order valence-corrected chi connectivity index (χ2v) is 11.9. The van der Waals surface area contributed by atoms with Gasteiger partial charge in [-0.1, -0.05) is 29.8 Å². The molecule has 0 aliphatic carbocycles. The molecular weight excluding hydrogens is 507 g/mol. The van der Waals surface area contributed by atoms with Crippen molar-refractivity contribution >= 4 is 52.8 Å². The second kappa shape index (κ2) is 8.16. The van der Waals surface area contributed by atoms with Crippen LogP contribution in [0.15, 0.2) is 77.0 Å². The van der Waals surface area contributed by atoms with Crippen LogP contribution in [0.25, 0.3) is 46.4 Å². The van der Waals surface area contributed by atoms with Gasteiger partial charge in [-0.05, 0) is 59.8 Å². The highest BCUT2D eigenvalue weighted by atomic mass is 32.1. The molecule has 2 aromatic carbocycles. The van der Waals surface area contributed by atoms with Crippen molar-refractivity contribution in [2.75, 3.05) is 0 Å². The number of thiophene rings is 3. The Morgan fingerprint density at radius 1 is 0.972 bits per heavy atom. The summed E-state index contributed by atoms with van der Waals surface area (Å²) in [7, 11) is 0. The van der Waals surface area contributed by atoms with Gasteiger partial charge in [0.15, 0.2) is 5.82 Å². The van der Waals surface area contributed by atoms with Gasteiger partial charge in [0.05, 0.1) is 20.0 Å². The summed E-state index contributed by atoms with van der Waals surface area (Å²) in [6.45, 7) is 2.05. The molecule has 0 amide bonds. The molecule has 176 valence electrons. The van der Waals surface area contributed by atoms with E-state index in [9.17, 15) is 9.90 Å². The zero-order chi connectivity index (χ0) is 24.4. The van der Waals surface area contributed by atoms with E-state index in [0.29, 0.717) is 17.9 Å². The summed E-state index contributed by atoms with van der Waals surface area (Å²) in [6.07, 6.45) is 2.29. The number of phenols is 1. The van der Waals surface area contributed by atoms with E-state index in [4.69, 9.17) is 4.98 Å². The van der Waals surface area contributed by atoms with E-state index in [-0.39, 0.29) is 11.3 Å². The SMILES string of the molecule is Cc1ccc(Cc2nc3c(-c4cc5sc6ccsc6c5s4)[nH]c(-c4ccc(O)cc4)cn-3c2=O)cc1. The highest BCUT2D eigenvalue weighted by Gasteiger charge is 2.23. The minimum atomic E-state index is -0.111. The van der Waals surface area contributed by atoms with Crippen molar-refractivity contribution in [2.45, 2.75) is 13.3 Å². The van der Waals surface area contributed by atoms with Crippen LogP contribution in [0.2, 0.25) is 0 Å². The zero-order valence-corrected chi connectivity index (χ0v) is 21.6. The molecule has 0 fully saturated rings. The Morgan fingerprint density at radius 3 is 2.58 bits per heavy atom. The van der Waals surface area contributed by atoms with Gasteiger partial charge in [-0.25, -0.2) is 4.98 Å². The van der Waals surface area contributed by atoms with Gasteiger partial charge >= 0.3 is 0 Å². The van der Waals surface area contributed by atoms with Gasteiger partial charge < -0.3 is 10.1 Å². The smallest absolute Gasteiger partial charge is 0.278 e. The summed E-state index contributed by atoms with van der Waals surface area (Å²) in [5.74, 6) is 0.826. The molecule has 5 nitrogen and oxygen atoms in total. The van der Waals surface area contributed by atoms with E-state index in [2.05, 4.69) is 41.6 Å². The van der Waals surface area contributed by atoms with Gasteiger partial charge in [0.25, 0.3) is 5.56 Å². The van der Waals surface area contributed by atoms with Gasteiger partial charge in [-0.15, -0.1) is 34.0 Å². The lowest BCUT2D eigenvalue weighted by Gasteiger charge is -2.12. The van der Waals surface area contributed by atoms with Crippen LogP contribution in [0.5, 0.6) is 5.75 Å². The number of aryl methyl sites for hydroxylation is 1. The summed E-state index contributed by atoms with van der Waals surface area (Å²) in [4.78, 5) is 23.0. The van der Waals surface area contributed by atoms with Crippen molar-refractivity contribution in [3.05, 3.63) is 99.4 Å². The molecule has 2 aliphatic heterocycles. The largest absolute Gasteiger partial charge is 0.508 e. The van der Waals surface area contributed by atoms with E-state index in [1.165, 1.54) is 24.4 Å². The average molecular weight is 526 g/mol. The number of aromatic amines is 1. The van der Waals surface area contributed by atoms with Gasteiger partial charge in [-0.2, -0.15) is 0 Å². The first-order valence-corrected chi connectivity index (χ1v) is 13.9. The maximum atomic E-state index is 13.5. The zero-order valence-electron chi connectivity index (χ0n) is 19.1. The number of benzene rings is 2. The number of imidazole rings is 1. The van der Waals surface area contributed by atoms with E-state index >= 15 is 0 Å². The topological polar surface area (TPSA) is 70.9 Å². The molecule has 0 bridgehead atoms. The normalized spacial score (nSPS) is 11.8. The van der Waals surface area contributed by atoms with Gasteiger partial charge in [0.2, 0.25) is 0 Å². The lowest BCUT2D eigenvalue weighted by atomic mass is 10.1. The highest BCUT2D eigenvalue weighted by molar-refractivity contribution is 7.38. The van der Waals surface area contributed by atoms with E-state index in [1.54, 1.807) is 50.7 Å². The second-order valence-electron chi connectivity index (χ2n) is 8.83. The minimum Gasteiger partial charge on any atom is -0.508 e. The number of hydrogen-bond acceptors (Lipinski definition) is 6. The minimum absolute atomic E-state index is 0.111. The molecule has 3 aromatic heterocycles. The first-order chi connectivity index (χ1) is 17.5. The summed E-state index contributed by atoms with van der Waals surface area (Å²) in [5, 5.41) is 11.9. The first-order valence-electron chi connectivity index (χ1n) is 11.4. The lowest BCUT2D eigenvalue weighted by Crippen LogP contribution is -2.16. The number of aromatic nitrogens is 3. The third-order valence-electron chi connectivity index (χ3n) is 6.35. The molecular formula is C28H19N3O2S3. The number of fused-ring (bicyclic) bond motifs is 4. The van der Waals surface area contributed by atoms with Crippen LogP contribution in [0.3, 0.4) is 0 Å². The van der Waals surface area contributed by atoms with Gasteiger partial charge in [-0.3, -0.25) is 9.36 Å². The number of nitrogens with one attached hydrogen (secondary N) is 1. The summed E-state index contributed by atoms with van der Waals surface area (Å²) >= 11 is 5.28. The van der Waals surface area contributed by atoms with Gasteiger partial charge in [0, 0.05) is 22.0 Å². The average Bonchev–Trinajstić information content (AvgIpc) is 3.63. The molecule has 0 atom stereocenters. The number of hydrogen-bond donors (Lipinski definition) is 2. The molecule has 36 heavy (non-hydrogen) atoms. The quantitative estimate of drug-likeness (QED) is 0.251. The van der Waals surface area contributed by atoms with Crippen LogP contribution in [0, 0.1) is 6.92 Å². The molecule has 8 heteroatoms. The van der Waals surface area contributed by atoms with Crippen molar-refractivity contribution in [3.8, 4) is 33.4 Å². The molecule has 0 radical (unpaired) electrons. The van der Waals surface area contributed by atoms with Crippen LogP contribution in [-0.4, -0.2) is 19.6 Å². The van der Waals surface area contributed by atoms with Crippen molar-refractivity contribution in [1.82, 2.24) is 14.5 Å². The fourth-order valence-corrected chi connectivity index (χ4v) is 8.24. The Morgan fingerprint density at radius 2 is 1.78 bits per heavy atom. The maximum absolute atomic E-state index is 13.5. The number of nitrogens with zero attached hydrogens (tertiary/aromatic N) is 2. The van der Waals surface area contributed by atoms with Crippen molar-refractivity contribution < 1.29 is 5.11 Å². The number of rotatable bonds is 4. The molecule has 5 aromatic rings. The fourth-order valence-electron chi connectivity index (χ4n) is 4.48. The number of phenolic OH excluding ortho intramolecular Hbond substituents is 1. The van der Waals surface area contributed by atoms with E-state index in [1.807, 2.05) is 30.5 Å². The Hall–Kier alpha value is -3.72. The van der Waals surface area contributed by atoms with E-state index < -0.39 is 0 Å². The molecule has 0 saturated heterocycles. The number of aromatic hydroxyl groups is 1. The van der Waals surface area contributed by atoms with Crippen molar-refractivity contribution in [1.29, 1.82) is 0 Å². The first kappa shape index (κ1) is 21.6. The lowest BCUT2D eigenvalue weighted by molar-refractivity contribution is 0.475. The Bertz CT molecular complexity index is 1900. The Kier molecular flexibility index (Phi) is 4.89. The molecule has 2 aliphatic rings. The van der Waals surface area contributed by atoms with Crippen LogP contribution in [-0.2, 0) is 6.42 Å². The van der Waals surface area contributed by atoms with Crippen molar-refractivity contribution in [3.63, 3.8) is 0 Å². The Balaban J connectivity index is 1.44. The summed E-state index contributed by atoms with van der Waals surface area (Å²) in [6, 6.07) is 19.6. The van der Waals surface area contributed by atoms with Crippen LogP contribution < -0.4 is 5.56 Å². The third-order valence-corrected chi connectivity index (χ3v) is 9.94. The standard InChI is InChI=1S/C28H19N3O2S3/c1-15-2-4-16(5-3-15)12-19-28(33)31-14-20(17-6-8-18(32)9-7-17)29-24(27(31)30-19)22-13-23-26(36-22)25-21(35-23)10-11-34-25/h2-11,13-14,29,32H,12H2,1H3. The third kappa shape index (κ3) is 3.49. The van der Waals surface area contributed by atoms with E-state index in [0.717, 1.165) is 27.4 Å². The molecule has 0 spiro atoms. The fraction of sp³-hybridized carbons (Fsp3) is 0.0714. The van der Waals surface area contributed by atoms with Crippen LogP contribution >= 0.6 is 34.0 Å².